The van der Waals surface area contributed by atoms with E-state index in [9.17, 15) is 45.0 Å². The quantitative estimate of drug-likeness (QED) is 0.0225. The molecule has 105 heavy (non-hydrogen) atoms. The van der Waals surface area contributed by atoms with Gasteiger partial charge in [0.15, 0.2) is 6.29 Å². The van der Waals surface area contributed by atoms with Gasteiger partial charge in [-0.3, -0.25) is 14.4 Å². The van der Waals surface area contributed by atoms with Crippen molar-refractivity contribution in [2.24, 2.45) is 10.8 Å². The largest absolute Gasteiger partial charge is 0.481 e. The minimum Gasteiger partial charge on any atom is -0.481 e. The number of carboxylic acids is 3. The molecule has 0 aromatic heterocycles. The molecule has 2 rings (SSSR count). The second-order valence-corrected chi connectivity index (χ2v) is 27.7. The first-order valence-electron chi connectivity index (χ1n) is 39.4. The molecule has 2 aliphatic heterocycles. The molecule has 0 aliphatic carbocycles. The van der Waals surface area contributed by atoms with Gasteiger partial charge in [-0.2, -0.15) is 0 Å². The Kier molecular flexibility index (Phi) is 83.3. The molecule has 0 spiro atoms. The molecular formula is C77H154O28. The third kappa shape index (κ3) is 63.4. The molecule has 0 bridgehead atoms. The molecule has 2 saturated heterocycles. The van der Waals surface area contributed by atoms with E-state index in [4.69, 9.17) is 95.9 Å². The van der Waals surface area contributed by atoms with Crippen LogP contribution in [0.4, 0.5) is 0 Å². The predicted molar refractivity (Wildman–Crippen MR) is 402 cm³/mol. The summed E-state index contributed by atoms with van der Waals surface area (Å²) in [7, 11) is 0. The van der Waals surface area contributed by atoms with Crippen LogP contribution in [-0.2, 0) is 28.6 Å². The van der Waals surface area contributed by atoms with Gasteiger partial charge in [0.05, 0.1) is 90.1 Å². The lowest BCUT2D eigenvalue weighted by molar-refractivity contribution is -0.383. The van der Waals surface area contributed by atoms with E-state index in [1.54, 1.807) is 0 Å². The summed E-state index contributed by atoms with van der Waals surface area (Å²) < 4.78 is 15.4. The number of unbranched alkanes of at least 4 members (excludes halogenated alkanes) is 34. The molecule has 22 N–H and O–H groups in total. The van der Waals surface area contributed by atoms with Gasteiger partial charge in [-0.1, -0.05) is 225 Å². The fourth-order valence-electron chi connectivity index (χ4n) is 10.3. The molecular weight excluding hydrogens is 1370 g/mol. The molecule has 2 fully saturated rings. The maximum absolute atomic E-state index is 10.3. The maximum atomic E-state index is 10.3. The van der Waals surface area contributed by atoms with Crippen molar-refractivity contribution in [2.75, 3.05) is 85.9 Å². The standard InChI is InChI=1S/2C18H34O2.C16H32O2.C12H22O11.2C5H12O4.C3H8O3/c2*1-2-3-4-5-6-7-8-9-10-11-12-13-14-15-16-17-18(19)20;1-2-3-4-5-6-7-8-9-10-11-12-13-14-15-16(17)18;13-1-4-6(16)8(18)9(19)11(21-4)23-12(3-15)10(20)7(17)5(2-14)22-12;2*6-1-5(2-7,3-8)4-9;4-1-3(6)2-5/h2*9-10H,2-8,11-17H2,1H3,(H,19,20);2-15H2,1H3,(H,17,18);4-11,13-20H,1-3H2;2*6-9H,1-4H2;3-6H,1-2H2/b2*10-9-;;;;;/t;;;4-,5-,6-,7-,8+,9-,10+,11-,12+;;;/m...1.../s1. The number of ether oxygens (including phenoxy) is 3. The zero-order valence-corrected chi connectivity index (χ0v) is 64.7. The summed E-state index contributed by atoms with van der Waals surface area (Å²) >= 11 is 0. The topological polar surface area (TPSA) is 524 Å². The zero-order chi connectivity index (χ0) is 80.3. The van der Waals surface area contributed by atoms with Crippen LogP contribution in [0.1, 0.15) is 290 Å². The van der Waals surface area contributed by atoms with Crippen LogP contribution in [0.5, 0.6) is 0 Å². The van der Waals surface area contributed by atoms with E-state index >= 15 is 0 Å². The summed E-state index contributed by atoms with van der Waals surface area (Å²) in [6, 6.07) is 0. The molecule has 2 aliphatic rings. The summed E-state index contributed by atoms with van der Waals surface area (Å²) in [5.41, 5.74) is -2.22. The third-order valence-electron chi connectivity index (χ3n) is 18.0. The van der Waals surface area contributed by atoms with Crippen LogP contribution in [0.2, 0.25) is 0 Å². The van der Waals surface area contributed by atoms with E-state index in [1.807, 2.05) is 0 Å². The van der Waals surface area contributed by atoms with Crippen LogP contribution in [0, 0.1) is 10.8 Å². The molecule has 0 radical (unpaired) electrons. The fourth-order valence-corrected chi connectivity index (χ4v) is 10.3. The van der Waals surface area contributed by atoms with Gasteiger partial charge < -0.3 is 127 Å². The van der Waals surface area contributed by atoms with Crippen molar-refractivity contribution >= 4 is 17.9 Å². The second kappa shape index (κ2) is 79.1. The average molecular weight is 1530 g/mol. The summed E-state index contributed by atoms with van der Waals surface area (Å²) in [6.07, 6.45) is 46.1. The van der Waals surface area contributed by atoms with Gasteiger partial charge in [-0.05, 0) is 70.6 Å². The SMILES string of the molecule is CCCCCCCC/C=C\CCCCCCCC(=O)O.CCCCCCCC/C=C\CCCCCCCC(=O)O.CCCCCCCCCCCCCCCC(=O)O.OCC(CO)(CO)CO.OCC(CO)(CO)CO.OCC(O)CO.OC[C@H]1O[C@@](CO)(O[C@H]2O[C@H](CO)[C@@H](O)[C@H](O)[C@H]2O)[C@@H](O)[C@@H]1O. The molecule has 0 aromatic rings. The Morgan fingerprint density at radius 2 is 0.619 bits per heavy atom. The third-order valence-corrected chi connectivity index (χ3v) is 18.0. The van der Waals surface area contributed by atoms with Crippen LogP contribution < -0.4 is 0 Å². The Hall–Kier alpha value is -2.99. The smallest absolute Gasteiger partial charge is 0.303 e. The van der Waals surface area contributed by atoms with Crippen molar-refractivity contribution in [3.63, 3.8) is 0 Å². The molecule has 0 unspecified atom stereocenters. The Bertz CT molecular complexity index is 1790. The lowest BCUT2D eigenvalue weighted by Crippen LogP contribution is -2.62. The number of carboxylic acid groups (broad SMARTS) is 3. The van der Waals surface area contributed by atoms with E-state index in [2.05, 4.69) is 45.1 Å². The second-order valence-electron chi connectivity index (χ2n) is 27.7. The highest BCUT2D eigenvalue weighted by Gasteiger charge is 2.58. The normalized spacial score (nSPS) is 20.0. The van der Waals surface area contributed by atoms with Gasteiger partial charge >= 0.3 is 17.9 Å². The van der Waals surface area contributed by atoms with Crippen LogP contribution in [0.25, 0.3) is 0 Å². The van der Waals surface area contributed by atoms with E-state index in [0.717, 1.165) is 38.5 Å². The van der Waals surface area contributed by atoms with Gasteiger partial charge in [0, 0.05) is 19.3 Å². The van der Waals surface area contributed by atoms with Crippen LogP contribution in [0.15, 0.2) is 24.3 Å². The number of hydrogen-bond acceptors (Lipinski definition) is 25. The summed E-state index contributed by atoms with van der Waals surface area (Å²) in [5, 5.41) is 194. The lowest BCUT2D eigenvalue weighted by Gasteiger charge is -2.43. The van der Waals surface area contributed by atoms with Crippen molar-refractivity contribution < 1.29 is 141 Å². The fraction of sp³-hybridized carbons (Fsp3) is 0.909. The number of aliphatic hydroxyl groups is 19. The zero-order valence-electron chi connectivity index (χ0n) is 64.7. The van der Waals surface area contributed by atoms with E-state index in [-0.39, 0.29) is 13.2 Å². The average Bonchev–Trinajstić information content (AvgIpc) is 1.75. The number of rotatable bonds is 59. The summed E-state index contributed by atoms with van der Waals surface area (Å²) in [6.45, 7) is 0.476. The van der Waals surface area contributed by atoms with Crippen molar-refractivity contribution in [3.8, 4) is 0 Å². The lowest BCUT2D eigenvalue weighted by atomic mass is 9.93. The van der Waals surface area contributed by atoms with Crippen molar-refractivity contribution in [1.29, 1.82) is 0 Å². The molecule has 28 heteroatoms. The first-order valence-corrected chi connectivity index (χ1v) is 39.4. The number of carbonyl (C=O) groups is 3. The predicted octanol–water partition coefficient (Wildman–Crippen LogP) is 6.59. The monoisotopic (exact) mass is 1530 g/mol. The first kappa shape index (κ1) is 111. The highest BCUT2D eigenvalue weighted by molar-refractivity contribution is 5.67. The molecule has 0 amide bonds. The molecule has 630 valence electrons. The number of hydrogen-bond donors (Lipinski definition) is 22. The van der Waals surface area contributed by atoms with Crippen molar-refractivity contribution in [2.45, 2.75) is 351 Å². The molecule has 28 nitrogen and oxygen atoms in total. The molecule has 0 aromatic carbocycles. The van der Waals surface area contributed by atoms with E-state index in [1.165, 1.54) is 212 Å². The summed E-state index contributed by atoms with van der Waals surface area (Å²) in [4.78, 5) is 30.9. The Balaban J connectivity index is -0.000000384. The number of allylic oxidation sites excluding steroid dienone is 4. The Labute approximate surface area is 628 Å². The van der Waals surface area contributed by atoms with Crippen LogP contribution >= 0.6 is 0 Å². The van der Waals surface area contributed by atoms with Crippen LogP contribution in [-0.4, -0.2) is 277 Å². The van der Waals surface area contributed by atoms with E-state index < -0.39 is 162 Å². The van der Waals surface area contributed by atoms with E-state index in [0.29, 0.717) is 19.3 Å². The van der Waals surface area contributed by atoms with Gasteiger partial charge in [-0.15, -0.1) is 0 Å². The van der Waals surface area contributed by atoms with Gasteiger partial charge in [-0.25, -0.2) is 0 Å². The number of aliphatic hydroxyl groups excluding tert-OH is 19. The molecule has 9 atom stereocenters. The number of aliphatic carboxylic acids is 3. The maximum Gasteiger partial charge on any atom is 0.303 e. The van der Waals surface area contributed by atoms with Crippen molar-refractivity contribution in [1.82, 2.24) is 0 Å². The molecule has 0 saturated carbocycles. The minimum absolute atomic E-state index is 0.332. The summed E-state index contributed by atoms with van der Waals surface area (Å²) in [5.74, 6) is -4.20. The first-order chi connectivity index (χ1) is 50.4. The van der Waals surface area contributed by atoms with Gasteiger partial charge in [0.2, 0.25) is 5.79 Å². The van der Waals surface area contributed by atoms with Crippen molar-refractivity contribution in [3.05, 3.63) is 24.3 Å². The van der Waals surface area contributed by atoms with Crippen LogP contribution in [0.3, 0.4) is 0 Å². The highest BCUT2D eigenvalue weighted by Crippen LogP contribution is 2.36. The van der Waals surface area contributed by atoms with Gasteiger partial charge in [0.25, 0.3) is 0 Å². The Morgan fingerprint density at radius 1 is 0.362 bits per heavy atom. The molecule has 2 heterocycles. The minimum atomic E-state index is -2.22. The van der Waals surface area contributed by atoms with Gasteiger partial charge in [0.1, 0.15) is 55.4 Å². The highest BCUT2D eigenvalue weighted by atomic mass is 16.8. The Morgan fingerprint density at radius 3 is 0.819 bits per heavy atom.